The molecule has 102 valence electrons. The zero-order chi connectivity index (χ0) is 13.1. The van der Waals surface area contributed by atoms with Gasteiger partial charge in [-0.1, -0.05) is 13.8 Å². The second kappa shape index (κ2) is 6.13. The largest absolute Gasteiger partial charge is 0.330 e. The van der Waals surface area contributed by atoms with Gasteiger partial charge in [0.05, 0.1) is 0 Å². The third-order valence-electron chi connectivity index (χ3n) is 3.64. The van der Waals surface area contributed by atoms with Crippen LogP contribution in [0.25, 0.3) is 0 Å². The van der Waals surface area contributed by atoms with Crippen molar-refractivity contribution in [2.75, 3.05) is 19.6 Å². The zero-order valence-electron chi connectivity index (χ0n) is 11.0. The highest BCUT2D eigenvalue weighted by molar-refractivity contribution is 7.87. The maximum absolute atomic E-state index is 12.1. The molecule has 0 aliphatic carbocycles. The molecular weight excluding hydrogens is 238 g/mol. The van der Waals surface area contributed by atoms with E-state index in [1.807, 2.05) is 13.8 Å². The van der Waals surface area contributed by atoms with Gasteiger partial charge in [0.25, 0.3) is 10.2 Å². The van der Waals surface area contributed by atoms with Crippen molar-refractivity contribution in [3.8, 4) is 0 Å². The van der Waals surface area contributed by atoms with E-state index in [0.717, 1.165) is 12.8 Å². The minimum atomic E-state index is -3.33. The number of hydrogen-bond acceptors (Lipinski definition) is 3. The van der Waals surface area contributed by atoms with Crippen molar-refractivity contribution in [3.05, 3.63) is 0 Å². The SMILES string of the molecule is CC1CCN(S(=O)(=O)NC(C)C(C)CN)CC1. The summed E-state index contributed by atoms with van der Waals surface area (Å²) in [6.07, 6.45) is 1.89. The lowest BCUT2D eigenvalue weighted by Gasteiger charge is -2.31. The van der Waals surface area contributed by atoms with Crippen LogP contribution in [-0.4, -0.2) is 38.4 Å². The number of nitrogens with one attached hydrogen (secondary N) is 1. The number of hydrogen-bond donors (Lipinski definition) is 2. The maximum atomic E-state index is 12.1. The molecule has 0 amide bonds. The molecule has 0 bridgehead atoms. The molecule has 1 rings (SSSR count). The van der Waals surface area contributed by atoms with Crippen LogP contribution in [0.5, 0.6) is 0 Å². The van der Waals surface area contributed by atoms with Crippen molar-refractivity contribution in [2.24, 2.45) is 17.6 Å². The van der Waals surface area contributed by atoms with Crippen molar-refractivity contribution < 1.29 is 8.42 Å². The molecule has 0 spiro atoms. The summed E-state index contributed by atoms with van der Waals surface area (Å²) in [6.45, 7) is 7.71. The molecule has 0 aromatic rings. The monoisotopic (exact) mass is 263 g/mol. The van der Waals surface area contributed by atoms with Gasteiger partial charge in [0.15, 0.2) is 0 Å². The molecule has 6 heteroatoms. The Kier molecular flexibility index (Phi) is 5.37. The average molecular weight is 263 g/mol. The van der Waals surface area contributed by atoms with Crippen molar-refractivity contribution in [1.29, 1.82) is 0 Å². The molecule has 17 heavy (non-hydrogen) atoms. The molecule has 3 N–H and O–H groups in total. The molecular formula is C11H25N3O2S. The molecule has 2 atom stereocenters. The molecule has 5 nitrogen and oxygen atoms in total. The summed E-state index contributed by atoms with van der Waals surface area (Å²) in [5.74, 6) is 0.773. The zero-order valence-corrected chi connectivity index (χ0v) is 11.8. The first-order valence-electron chi connectivity index (χ1n) is 6.34. The van der Waals surface area contributed by atoms with Gasteiger partial charge in [-0.2, -0.15) is 17.4 Å². The first kappa shape index (κ1) is 14.9. The summed E-state index contributed by atoms with van der Waals surface area (Å²) >= 11 is 0. The summed E-state index contributed by atoms with van der Waals surface area (Å²) in [5.41, 5.74) is 5.54. The Labute approximate surface area is 105 Å². The number of piperidine rings is 1. The van der Waals surface area contributed by atoms with Gasteiger partial charge in [0.1, 0.15) is 0 Å². The van der Waals surface area contributed by atoms with Crippen LogP contribution < -0.4 is 10.5 Å². The molecule has 1 saturated heterocycles. The predicted molar refractivity (Wildman–Crippen MR) is 69.7 cm³/mol. The third-order valence-corrected chi connectivity index (χ3v) is 5.36. The lowest BCUT2D eigenvalue weighted by molar-refractivity contribution is 0.281. The van der Waals surface area contributed by atoms with Gasteiger partial charge in [0.2, 0.25) is 0 Å². The Hall–Kier alpha value is -0.170. The van der Waals surface area contributed by atoms with E-state index < -0.39 is 10.2 Å². The van der Waals surface area contributed by atoms with E-state index in [1.165, 1.54) is 0 Å². The lowest BCUT2D eigenvalue weighted by Crippen LogP contribution is -2.49. The summed E-state index contributed by atoms with van der Waals surface area (Å²) in [5, 5.41) is 0. The first-order valence-corrected chi connectivity index (χ1v) is 7.78. The maximum Gasteiger partial charge on any atom is 0.279 e. The minimum absolute atomic E-state index is 0.121. The van der Waals surface area contributed by atoms with Gasteiger partial charge in [0, 0.05) is 19.1 Å². The predicted octanol–water partition coefficient (Wildman–Crippen LogP) is 0.536. The number of nitrogens with two attached hydrogens (primary N) is 1. The fourth-order valence-corrected chi connectivity index (χ4v) is 3.40. The number of rotatable bonds is 5. The molecule has 1 fully saturated rings. The van der Waals surface area contributed by atoms with Gasteiger partial charge in [-0.05, 0) is 38.1 Å². The van der Waals surface area contributed by atoms with Gasteiger partial charge >= 0.3 is 0 Å². The van der Waals surface area contributed by atoms with E-state index >= 15 is 0 Å². The third kappa shape index (κ3) is 4.21. The Balaban J connectivity index is 2.56. The molecule has 0 saturated carbocycles. The van der Waals surface area contributed by atoms with Crippen LogP contribution in [0, 0.1) is 11.8 Å². The van der Waals surface area contributed by atoms with E-state index in [0.29, 0.717) is 25.6 Å². The quantitative estimate of drug-likeness (QED) is 0.760. The van der Waals surface area contributed by atoms with Crippen molar-refractivity contribution >= 4 is 10.2 Å². The highest BCUT2D eigenvalue weighted by atomic mass is 32.2. The Morgan fingerprint density at radius 2 is 1.88 bits per heavy atom. The minimum Gasteiger partial charge on any atom is -0.330 e. The molecule has 1 heterocycles. The first-order chi connectivity index (χ1) is 7.86. The number of nitrogens with zero attached hydrogens (tertiary/aromatic N) is 1. The summed E-state index contributed by atoms with van der Waals surface area (Å²) in [6, 6.07) is -0.121. The summed E-state index contributed by atoms with van der Waals surface area (Å²) < 4.78 is 28.5. The van der Waals surface area contributed by atoms with E-state index in [2.05, 4.69) is 11.6 Å². The van der Waals surface area contributed by atoms with Gasteiger partial charge in [-0.25, -0.2) is 0 Å². The Morgan fingerprint density at radius 1 is 1.35 bits per heavy atom. The van der Waals surface area contributed by atoms with Gasteiger partial charge < -0.3 is 5.73 Å². The molecule has 0 radical (unpaired) electrons. The Morgan fingerprint density at radius 3 is 2.35 bits per heavy atom. The highest BCUT2D eigenvalue weighted by Gasteiger charge is 2.28. The van der Waals surface area contributed by atoms with Crippen molar-refractivity contribution in [3.63, 3.8) is 0 Å². The average Bonchev–Trinajstić information content (AvgIpc) is 2.27. The molecule has 1 aliphatic heterocycles. The highest BCUT2D eigenvalue weighted by Crippen LogP contribution is 2.18. The van der Waals surface area contributed by atoms with Crippen LogP contribution in [0.15, 0.2) is 0 Å². The normalized spacial score (nSPS) is 23.5. The van der Waals surface area contributed by atoms with Gasteiger partial charge in [-0.3, -0.25) is 0 Å². The van der Waals surface area contributed by atoms with Gasteiger partial charge in [-0.15, -0.1) is 0 Å². The van der Waals surface area contributed by atoms with Crippen molar-refractivity contribution in [1.82, 2.24) is 9.03 Å². The topological polar surface area (TPSA) is 75.4 Å². The second-order valence-corrected chi connectivity index (χ2v) is 6.91. The molecule has 2 unspecified atom stereocenters. The van der Waals surface area contributed by atoms with Crippen molar-refractivity contribution in [2.45, 2.75) is 39.7 Å². The van der Waals surface area contributed by atoms with Crippen LogP contribution in [0.2, 0.25) is 0 Å². The molecule has 0 aromatic heterocycles. The van der Waals surface area contributed by atoms with Crippen LogP contribution in [0.4, 0.5) is 0 Å². The van der Waals surface area contributed by atoms with Crippen LogP contribution in [-0.2, 0) is 10.2 Å². The molecule has 0 aromatic carbocycles. The Bertz CT molecular complexity index is 324. The standard InChI is InChI=1S/C11H25N3O2S/c1-9-4-6-14(7-5-9)17(15,16)13-11(3)10(2)8-12/h9-11,13H,4-8,12H2,1-3H3. The summed E-state index contributed by atoms with van der Waals surface area (Å²) in [7, 11) is -3.33. The van der Waals surface area contributed by atoms with Crippen LogP contribution in [0.1, 0.15) is 33.6 Å². The molecule has 1 aliphatic rings. The van der Waals surface area contributed by atoms with E-state index in [-0.39, 0.29) is 12.0 Å². The van der Waals surface area contributed by atoms with Crippen LogP contribution in [0.3, 0.4) is 0 Å². The fourth-order valence-electron chi connectivity index (χ4n) is 1.85. The summed E-state index contributed by atoms with van der Waals surface area (Å²) in [4.78, 5) is 0. The van der Waals surface area contributed by atoms with E-state index in [4.69, 9.17) is 5.73 Å². The lowest BCUT2D eigenvalue weighted by atomic mass is 10.0. The van der Waals surface area contributed by atoms with Crippen LogP contribution >= 0.6 is 0 Å². The van der Waals surface area contributed by atoms with E-state index in [9.17, 15) is 8.42 Å². The smallest absolute Gasteiger partial charge is 0.279 e. The second-order valence-electron chi connectivity index (χ2n) is 5.21. The van der Waals surface area contributed by atoms with E-state index in [1.54, 1.807) is 4.31 Å². The fraction of sp³-hybridized carbons (Fsp3) is 1.00.